The number of pyridine rings is 1. The SMILES string of the molecule is Cc1ccc([C@@]2(NC(=O)Nc3ccccc3C(=O)O)CCOc3cccnc32)cc1F. The number of carbonyl (C=O) groups is 2. The van der Waals surface area contributed by atoms with Crippen molar-refractivity contribution >= 4 is 17.7 Å². The molecule has 31 heavy (non-hydrogen) atoms. The lowest BCUT2D eigenvalue weighted by Gasteiger charge is -2.39. The van der Waals surface area contributed by atoms with Crippen molar-refractivity contribution in [2.45, 2.75) is 18.9 Å². The highest BCUT2D eigenvalue weighted by Gasteiger charge is 2.42. The van der Waals surface area contributed by atoms with Crippen LogP contribution in [0.15, 0.2) is 60.8 Å². The molecule has 0 aliphatic carbocycles. The number of nitrogens with zero attached hydrogens (tertiary/aromatic N) is 1. The summed E-state index contributed by atoms with van der Waals surface area (Å²) >= 11 is 0. The number of amides is 2. The molecule has 0 saturated heterocycles. The van der Waals surface area contributed by atoms with E-state index in [2.05, 4.69) is 15.6 Å². The predicted octanol–water partition coefficient (Wildman–Crippen LogP) is 4.08. The summed E-state index contributed by atoms with van der Waals surface area (Å²) in [6.45, 7) is 1.94. The van der Waals surface area contributed by atoms with Crippen LogP contribution in [0.1, 0.15) is 33.6 Å². The highest BCUT2D eigenvalue weighted by Crippen LogP contribution is 2.41. The maximum atomic E-state index is 14.5. The molecular formula is C23H20FN3O4. The van der Waals surface area contributed by atoms with Crippen molar-refractivity contribution in [3.8, 4) is 5.75 Å². The van der Waals surface area contributed by atoms with Gasteiger partial charge in [-0.05, 0) is 48.4 Å². The molecule has 0 bridgehead atoms. The molecule has 0 spiro atoms. The van der Waals surface area contributed by atoms with Gasteiger partial charge in [0, 0.05) is 12.6 Å². The van der Waals surface area contributed by atoms with Crippen LogP contribution in [-0.2, 0) is 5.54 Å². The van der Waals surface area contributed by atoms with Crippen LogP contribution in [0, 0.1) is 12.7 Å². The Hall–Kier alpha value is -3.94. The third-order valence-corrected chi connectivity index (χ3v) is 5.31. The van der Waals surface area contributed by atoms with Crippen LogP contribution in [0.3, 0.4) is 0 Å². The smallest absolute Gasteiger partial charge is 0.337 e. The first-order chi connectivity index (χ1) is 14.9. The van der Waals surface area contributed by atoms with Crippen molar-refractivity contribution in [1.82, 2.24) is 10.3 Å². The van der Waals surface area contributed by atoms with Crippen LogP contribution in [0.2, 0.25) is 0 Å². The number of halogens is 1. The van der Waals surface area contributed by atoms with E-state index in [1.54, 1.807) is 49.5 Å². The second-order valence-corrected chi connectivity index (χ2v) is 7.25. The van der Waals surface area contributed by atoms with Crippen molar-refractivity contribution in [2.75, 3.05) is 11.9 Å². The van der Waals surface area contributed by atoms with Crippen LogP contribution in [0.25, 0.3) is 0 Å². The number of aromatic nitrogens is 1. The number of nitrogens with one attached hydrogen (secondary N) is 2. The van der Waals surface area contributed by atoms with Crippen LogP contribution in [-0.4, -0.2) is 28.7 Å². The summed E-state index contributed by atoms with van der Waals surface area (Å²) in [5, 5.41) is 14.9. The standard InChI is InChI=1S/C23H20FN3O4/c1-14-8-9-15(13-17(14)24)23(10-12-31-19-7-4-11-25-20(19)23)27-22(30)26-18-6-3-2-5-16(18)21(28)29/h2-9,11,13H,10,12H2,1H3,(H,28,29)(H2,26,27,30)/t23-/m0/s1. The molecule has 0 unspecified atom stereocenters. The zero-order valence-electron chi connectivity index (χ0n) is 16.7. The maximum Gasteiger partial charge on any atom is 0.337 e. The number of aryl methyl sites for hydroxylation is 1. The monoisotopic (exact) mass is 421 g/mol. The average molecular weight is 421 g/mol. The van der Waals surface area contributed by atoms with Crippen molar-refractivity contribution in [3.05, 3.63) is 89.0 Å². The Balaban J connectivity index is 1.76. The fraction of sp³-hybridized carbons (Fsp3) is 0.174. The Kier molecular flexibility index (Phi) is 5.29. The summed E-state index contributed by atoms with van der Waals surface area (Å²) in [5.41, 5.74) is 0.384. The number of carbonyl (C=O) groups excluding carboxylic acids is 1. The fourth-order valence-corrected chi connectivity index (χ4v) is 3.72. The van der Waals surface area contributed by atoms with Gasteiger partial charge in [0.05, 0.1) is 17.9 Å². The number of benzene rings is 2. The first-order valence-corrected chi connectivity index (χ1v) is 9.67. The minimum Gasteiger partial charge on any atom is -0.491 e. The van der Waals surface area contributed by atoms with E-state index in [-0.39, 0.29) is 17.9 Å². The topological polar surface area (TPSA) is 101 Å². The molecule has 4 rings (SSSR count). The number of hydrogen-bond donors (Lipinski definition) is 3. The molecule has 1 aliphatic heterocycles. The van der Waals surface area contributed by atoms with E-state index in [0.29, 0.717) is 29.0 Å². The molecule has 1 aromatic heterocycles. The van der Waals surface area contributed by atoms with E-state index >= 15 is 0 Å². The highest BCUT2D eigenvalue weighted by molar-refractivity contribution is 6.00. The summed E-state index contributed by atoms with van der Waals surface area (Å²) in [6.07, 6.45) is 1.89. The van der Waals surface area contributed by atoms with Gasteiger partial charge in [-0.25, -0.2) is 14.0 Å². The number of hydrogen-bond acceptors (Lipinski definition) is 4. The lowest BCUT2D eigenvalue weighted by atomic mass is 9.81. The Morgan fingerprint density at radius 2 is 1.97 bits per heavy atom. The number of carboxylic acids is 1. The lowest BCUT2D eigenvalue weighted by Crippen LogP contribution is -2.51. The predicted molar refractivity (Wildman–Crippen MR) is 112 cm³/mol. The minimum absolute atomic E-state index is 0.0430. The highest BCUT2D eigenvalue weighted by atomic mass is 19.1. The van der Waals surface area contributed by atoms with Crippen LogP contribution < -0.4 is 15.4 Å². The molecule has 2 heterocycles. The molecule has 2 aromatic carbocycles. The summed E-state index contributed by atoms with van der Waals surface area (Å²) < 4.78 is 20.2. The molecule has 0 radical (unpaired) electrons. The summed E-state index contributed by atoms with van der Waals surface area (Å²) in [7, 11) is 0. The summed E-state index contributed by atoms with van der Waals surface area (Å²) in [4.78, 5) is 28.9. The molecule has 0 fully saturated rings. The first kappa shape index (κ1) is 20.3. The third-order valence-electron chi connectivity index (χ3n) is 5.31. The van der Waals surface area contributed by atoms with Crippen LogP contribution in [0.4, 0.5) is 14.9 Å². The van der Waals surface area contributed by atoms with E-state index in [9.17, 15) is 19.1 Å². The molecule has 1 aliphatic rings. The third kappa shape index (κ3) is 3.79. The number of para-hydroxylation sites is 1. The van der Waals surface area contributed by atoms with E-state index in [1.807, 2.05) is 0 Å². The minimum atomic E-state index is -1.16. The molecular weight excluding hydrogens is 401 g/mol. The second kappa shape index (κ2) is 8.06. The largest absolute Gasteiger partial charge is 0.491 e. The van der Waals surface area contributed by atoms with Gasteiger partial charge >= 0.3 is 12.0 Å². The fourth-order valence-electron chi connectivity index (χ4n) is 3.72. The lowest BCUT2D eigenvalue weighted by molar-refractivity contribution is 0.0698. The molecule has 3 aromatic rings. The van der Waals surface area contributed by atoms with Gasteiger partial charge in [0.25, 0.3) is 0 Å². The molecule has 1 atom stereocenters. The van der Waals surface area contributed by atoms with Gasteiger partial charge in [-0.1, -0.05) is 24.3 Å². The quantitative estimate of drug-likeness (QED) is 0.590. The number of urea groups is 1. The Bertz CT molecular complexity index is 1170. The van der Waals surface area contributed by atoms with Crippen molar-refractivity contribution in [3.63, 3.8) is 0 Å². The van der Waals surface area contributed by atoms with Gasteiger partial charge in [-0.15, -0.1) is 0 Å². The molecule has 7 nitrogen and oxygen atoms in total. The normalized spacial score (nSPS) is 17.2. The van der Waals surface area contributed by atoms with Crippen molar-refractivity contribution in [2.24, 2.45) is 0 Å². The van der Waals surface area contributed by atoms with E-state index in [1.165, 1.54) is 18.2 Å². The number of anilines is 1. The van der Waals surface area contributed by atoms with Crippen molar-refractivity contribution < 1.29 is 23.8 Å². The summed E-state index contributed by atoms with van der Waals surface area (Å²) in [5.74, 6) is -1.08. The molecule has 2 amide bonds. The number of ether oxygens (including phenoxy) is 1. The molecule has 3 N–H and O–H groups in total. The van der Waals surface area contributed by atoms with E-state index in [0.717, 1.165) is 0 Å². The molecule has 8 heteroatoms. The second-order valence-electron chi connectivity index (χ2n) is 7.25. The number of fused-ring (bicyclic) bond motifs is 1. The van der Waals surface area contributed by atoms with Crippen LogP contribution >= 0.6 is 0 Å². The van der Waals surface area contributed by atoms with Crippen LogP contribution in [0.5, 0.6) is 5.75 Å². The van der Waals surface area contributed by atoms with E-state index in [4.69, 9.17) is 4.74 Å². The Morgan fingerprint density at radius 3 is 2.74 bits per heavy atom. The zero-order chi connectivity index (χ0) is 22.0. The first-order valence-electron chi connectivity index (χ1n) is 9.67. The van der Waals surface area contributed by atoms with Gasteiger partial charge < -0.3 is 20.5 Å². The van der Waals surface area contributed by atoms with E-state index < -0.39 is 23.4 Å². The molecule has 0 saturated carbocycles. The number of carboxylic acid groups (broad SMARTS) is 1. The van der Waals surface area contributed by atoms with Gasteiger partial charge in [0.15, 0.2) is 0 Å². The maximum absolute atomic E-state index is 14.5. The number of rotatable bonds is 4. The molecule has 158 valence electrons. The van der Waals surface area contributed by atoms with Gasteiger partial charge in [0.1, 0.15) is 22.8 Å². The summed E-state index contributed by atoms with van der Waals surface area (Å²) in [6, 6.07) is 13.7. The van der Waals surface area contributed by atoms with Gasteiger partial charge in [0.2, 0.25) is 0 Å². The number of aromatic carboxylic acids is 1. The van der Waals surface area contributed by atoms with Gasteiger partial charge in [-0.3, -0.25) is 4.98 Å². The zero-order valence-corrected chi connectivity index (χ0v) is 16.7. The van der Waals surface area contributed by atoms with Crippen molar-refractivity contribution in [1.29, 1.82) is 0 Å². The Labute approximate surface area is 177 Å². The van der Waals surface area contributed by atoms with Gasteiger partial charge in [-0.2, -0.15) is 0 Å². The average Bonchev–Trinajstić information content (AvgIpc) is 2.76. The Morgan fingerprint density at radius 1 is 1.16 bits per heavy atom.